The lowest BCUT2D eigenvalue weighted by molar-refractivity contribution is -0.143. The van der Waals surface area contributed by atoms with Gasteiger partial charge in [0.05, 0.1) is 30.8 Å². The van der Waals surface area contributed by atoms with Crippen molar-refractivity contribution in [2.24, 2.45) is 0 Å². The van der Waals surface area contributed by atoms with E-state index in [1.165, 1.54) is 30.5 Å². The fourth-order valence-electron chi connectivity index (χ4n) is 3.42. The Morgan fingerprint density at radius 3 is 2.11 bits per heavy atom. The van der Waals surface area contributed by atoms with Crippen molar-refractivity contribution in [3.8, 4) is 0 Å². The van der Waals surface area contributed by atoms with Crippen LogP contribution < -0.4 is 5.32 Å². The molecule has 3 aromatic rings. The number of hydrogen-bond donors (Lipinski definition) is 1. The van der Waals surface area contributed by atoms with Gasteiger partial charge in [0.1, 0.15) is 5.82 Å². The van der Waals surface area contributed by atoms with Crippen LogP contribution in [0.1, 0.15) is 33.7 Å². The van der Waals surface area contributed by atoms with Gasteiger partial charge in [-0.05, 0) is 53.1 Å². The Morgan fingerprint density at radius 1 is 0.917 bits per heavy atom. The van der Waals surface area contributed by atoms with Crippen LogP contribution in [0.4, 0.5) is 30.7 Å². The van der Waals surface area contributed by atoms with Gasteiger partial charge in [-0.15, -0.1) is 0 Å². The molecule has 0 aliphatic carbocycles. The number of carbonyl (C=O) groups is 1. The van der Waals surface area contributed by atoms with E-state index in [9.17, 15) is 35.5 Å². The quantitative estimate of drug-likeness (QED) is 0.361. The van der Waals surface area contributed by atoms with Gasteiger partial charge in [-0.25, -0.2) is 4.39 Å². The van der Waals surface area contributed by atoms with Crippen LogP contribution in [-0.4, -0.2) is 24.0 Å². The lowest BCUT2D eigenvalue weighted by Gasteiger charge is -2.19. The SMILES string of the molecule is O=C(Cc1cccnc1)NCC(COCc1cc(C(F)(F)F)cc(C(F)(F)F)c1)c1ccc(F)cc1. The number of benzene rings is 2. The summed E-state index contributed by atoms with van der Waals surface area (Å²) >= 11 is 0. The summed E-state index contributed by atoms with van der Waals surface area (Å²) in [7, 11) is 0. The van der Waals surface area contributed by atoms with Crippen molar-refractivity contribution >= 4 is 5.91 Å². The van der Waals surface area contributed by atoms with Crippen molar-refractivity contribution in [2.45, 2.75) is 31.3 Å². The van der Waals surface area contributed by atoms with Gasteiger partial charge in [-0.1, -0.05) is 18.2 Å². The number of nitrogens with zero attached hydrogens (tertiary/aromatic N) is 1. The van der Waals surface area contributed by atoms with E-state index in [1.54, 1.807) is 18.3 Å². The fraction of sp³-hybridized carbons (Fsp3) is 0.280. The summed E-state index contributed by atoms with van der Waals surface area (Å²) in [4.78, 5) is 16.2. The first-order valence-corrected chi connectivity index (χ1v) is 10.7. The molecular weight excluding hydrogens is 493 g/mol. The van der Waals surface area contributed by atoms with E-state index in [-0.39, 0.29) is 37.1 Å². The van der Waals surface area contributed by atoms with Gasteiger partial charge in [0.2, 0.25) is 5.91 Å². The molecule has 4 nitrogen and oxygen atoms in total. The third-order valence-electron chi connectivity index (χ3n) is 5.21. The molecule has 1 atom stereocenters. The number of hydrogen-bond acceptors (Lipinski definition) is 3. The van der Waals surface area contributed by atoms with Gasteiger partial charge in [-0.3, -0.25) is 9.78 Å². The van der Waals surface area contributed by atoms with Crippen molar-refractivity contribution in [2.75, 3.05) is 13.2 Å². The summed E-state index contributed by atoms with van der Waals surface area (Å²) in [6.07, 6.45) is -6.79. The van der Waals surface area contributed by atoms with Crippen LogP contribution in [0.15, 0.2) is 67.0 Å². The molecule has 0 fully saturated rings. The van der Waals surface area contributed by atoms with Crippen LogP contribution in [0.25, 0.3) is 0 Å². The molecule has 192 valence electrons. The van der Waals surface area contributed by atoms with Gasteiger partial charge >= 0.3 is 12.4 Å². The molecule has 0 bridgehead atoms. The summed E-state index contributed by atoms with van der Waals surface area (Å²) in [6, 6.07) is 9.95. The fourth-order valence-corrected chi connectivity index (χ4v) is 3.42. The number of ether oxygens (including phenoxy) is 1. The molecular formula is C25H21F7N2O2. The number of aromatic nitrogens is 1. The molecule has 0 saturated carbocycles. The zero-order valence-electron chi connectivity index (χ0n) is 18.7. The van der Waals surface area contributed by atoms with Crippen LogP contribution in [0.3, 0.4) is 0 Å². The lowest BCUT2D eigenvalue weighted by atomic mass is 9.99. The molecule has 11 heteroatoms. The third-order valence-corrected chi connectivity index (χ3v) is 5.21. The van der Waals surface area contributed by atoms with Crippen LogP contribution in [0, 0.1) is 5.82 Å². The highest BCUT2D eigenvalue weighted by Crippen LogP contribution is 2.36. The van der Waals surface area contributed by atoms with E-state index in [0.717, 1.165) is 0 Å². The maximum Gasteiger partial charge on any atom is 0.416 e. The Balaban J connectivity index is 1.70. The van der Waals surface area contributed by atoms with E-state index in [4.69, 9.17) is 4.74 Å². The second-order valence-electron chi connectivity index (χ2n) is 8.02. The molecule has 36 heavy (non-hydrogen) atoms. The maximum atomic E-state index is 13.4. The van der Waals surface area contributed by atoms with Gasteiger partial charge in [0.25, 0.3) is 0 Å². The normalized spacial score (nSPS) is 12.9. The second kappa shape index (κ2) is 11.5. The van der Waals surface area contributed by atoms with Crippen molar-refractivity contribution < 1.29 is 40.3 Å². The van der Waals surface area contributed by atoms with Crippen LogP contribution in [0.2, 0.25) is 0 Å². The molecule has 1 heterocycles. The Kier molecular flexibility index (Phi) is 8.67. The van der Waals surface area contributed by atoms with Crippen LogP contribution in [-0.2, 0) is 34.9 Å². The number of rotatable bonds is 9. The minimum absolute atomic E-state index is 0.0428. The Bertz CT molecular complexity index is 1120. The van der Waals surface area contributed by atoms with Crippen molar-refractivity contribution in [3.63, 3.8) is 0 Å². The molecule has 1 unspecified atom stereocenters. The zero-order valence-corrected chi connectivity index (χ0v) is 18.7. The lowest BCUT2D eigenvalue weighted by Crippen LogP contribution is -2.31. The Morgan fingerprint density at radius 2 is 1.56 bits per heavy atom. The number of carbonyl (C=O) groups excluding carboxylic acids is 1. The average Bonchev–Trinajstić information content (AvgIpc) is 2.81. The highest BCUT2D eigenvalue weighted by atomic mass is 19.4. The van der Waals surface area contributed by atoms with E-state index in [1.807, 2.05) is 0 Å². The maximum absolute atomic E-state index is 13.4. The summed E-state index contributed by atoms with van der Waals surface area (Å²) in [5, 5.41) is 2.71. The highest BCUT2D eigenvalue weighted by molar-refractivity contribution is 5.78. The molecule has 0 spiro atoms. The molecule has 0 aliphatic rings. The summed E-state index contributed by atoms with van der Waals surface area (Å²) in [5.74, 6) is -1.37. The topological polar surface area (TPSA) is 51.2 Å². The van der Waals surface area contributed by atoms with Crippen LogP contribution >= 0.6 is 0 Å². The molecule has 0 radical (unpaired) electrons. The van der Waals surface area contributed by atoms with E-state index >= 15 is 0 Å². The van der Waals surface area contributed by atoms with Gasteiger partial charge in [0, 0.05) is 24.9 Å². The van der Waals surface area contributed by atoms with Crippen molar-refractivity contribution in [1.29, 1.82) is 0 Å². The minimum Gasteiger partial charge on any atom is -0.376 e. The molecule has 0 aliphatic heterocycles. The number of nitrogens with one attached hydrogen (secondary N) is 1. The monoisotopic (exact) mass is 514 g/mol. The Labute approximate surface area is 202 Å². The van der Waals surface area contributed by atoms with Crippen LogP contribution in [0.5, 0.6) is 0 Å². The molecule has 1 amide bonds. The Hall–Kier alpha value is -3.47. The first-order valence-electron chi connectivity index (χ1n) is 10.7. The predicted octanol–water partition coefficient (Wildman–Crippen LogP) is 5.92. The summed E-state index contributed by atoms with van der Waals surface area (Å²) < 4.78 is 97.4. The molecule has 1 aromatic heterocycles. The van der Waals surface area contributed by atoms with Crippen molar-refractivity contribution in [3.05, 3.63) is 101 Å². The first kappa shape index (κ1) is 27.1. The number of halogens is 7. The second-order valence-corrected chi connectivity index (χ2v) is 8.02. The first-order chi connectivity index (χ1) is 16.9. The average molecular weight is 514 g/mol. The molecule has 1 N–H and O–H groups in total. The highest BCUT2D eigenvalue weighted by Gasteiger charge is 2.36. The predicted molar refractivity (Wildman–Crippen MR) is 116 cm³/mol. The summed E-state index contributed by atoms with van der Waals surface area (Å²) in [6.45, 7) is -0.647. The van der Waals surface area contributed by atoms with E-state index in [2.05, 4.69) is 10.3 Å². The third kappa shape index (κ3) is 8.04. The number of alkyl halides is 6. The smallest absolute Gasteiger partial charge is 0.376 e. The molecule has 3 rings (SSSR count). The minimum atomic E-state index is -4.97. The summed E-state index contributed by atoms with van der Waals surface area (Å²) in [5.41, 5.74) is -1.94. The zero-order chi connectivity index (χ0) is 26.3. The van der Waals surface area contributed by atoms with E-state index in [0.29, 0.717) is 23.3 Å². The number of amides is 1. The largest absolute Gasteiger partial charge is 0.416 e. The van der Waals surface area contributed by atoms with Gasteiger partial charge in [-0.2, -0.15) is 26.3 Å². The number of pyridine rings is 1. The van der Waals surface area contributed by atoms with Gasteiger partial charge < -0.3 is 10.1 Å². The standard InChI is InChI=1S/C25H21F7N2O2/c26-22-5-3-18(4-6-22)19(13-34-23(35)10-16-2-1-7-33-12-16)15-36-14-17-8-20(24(27,28)29)11-21(9-17)25(30,31)32/h1-9,11-12,19H,10,13-15H2,(H,34,35). The van der Waals surface area contributed by atoms with E-state index < -0.39 is 41.8 Å². The van der Waals surface area contributed by atoms with Crippen molar-refractivity contribution in [1.82, 2.24) is 10.3 Å². The van der Waals surface area contributed by atoms with Gasteiger partial charge in [0.15, 0.2) is 0 Å². The molecule has 2 aromatic carbocycles. The molecule has 0 saturated heterocycles.